The maximum Gasteiger partial charge on any atom is 0.193 e. The molecule has 0 aliphatic heterocycles. The van der Waals surface area contributed by atoms with Gasteiger partial charge in [-0.2, -0.15) is 0 Å². The third-order valence-corrected chi connectivity index (χ3v) is 2.97. The molecule has 0 saturated heterocycles. The second-order valence-corrected chi connectivity index (χ2v) is 4.77. The Morgan fingerprint density at radius 2 is 1.95 bits per heavy atom. The number of anilines is 1. The van der Waals surface area contributed by atoms with Gasteiger partial charge in [-0.25, -0.2) is 4.99 Å². The normalized spacial score (nSPS) is 11.2. The number of ether oxygens (including phenoxy) is 1. The monoisotopic (exact) mass is 283 g/mol. The van der Waals surface area contributed by atoms with Crippen molar-refractivity contribution in [2.24, 2.45) is 10.7 Å². The first-order valence-corrected chi connectivity index (χ1v) is 7.02. The number of nitrogens with one attached hydrogen (secondary N) is 1. The van der Waals surface area contributed by atoms with E-state index in [-0.39, 0.29) is 0 Å². The highest BCUT2D eigenvalue weighted by atomic mass is 16.5. The minimum atomic E-state index is 0.403. The van der Waals surface area contributed by atoms with Crippen molar-refractivity contribution in [1.82, 2.24) is 0 Å². The maximum absolute atomic E-state index is 5.90. The summed E-state index contributed by atoms with van der Waals surface area (Å²) in [6.07, 6.45) is 0. The minimum absolute atomic E-state index is 0.403. The average Bonchev–Trinajstić information content (AvgIpc) is 2.48. The summed E-state index contributed by atoms with van der Waals surface area (Å²) in [6, 6.07) is 15.9. The molecule has 0 aromatic heterocycles. The smallest absolute Gasteiger partial charge is 0.193 e. The van der Waals surface area contributed by atoms with Gasteiger partial charge in [0.1, 0.15) is 5.75 Å². The van der Waals surface area contributed by atoms with Gasteiger partial charge in [0.2, 0.25) is 0 Å². The molecule has 0 atom stereocenters. The van der Waals surface area contributed by atoms with Crippen LogP contribution in [-0.4, -0.2) is 12.6 Å². The number of aliphatic imine (C=N–C) groups is 1. The highest BCUT2D eigenvalue weighted by Crippen LogP contribution is 2.14. The van der Waals surface area contributed by atoms with Crippen LogP contribution in [0.2, 0.25) is 0 Å². The van der Waals surface area contributed by atoms with Gasteiger partial charge in [0, 0.05) is 5.69 Å². The Morgan fingerprint density at radius 3 is 2.67 bits per heavy atom. The zero-order valence-corrected chi connectivity index (χ0v) is 12.5. The minimum Gasteiger partial charge on any atom is -0.494 e. The summed E-state index contributed by atoms with van der Waals surface area (Å²) in [5.41, 5.74) is 9.11. The predicted octanol–water partition coefficient (Wildman–Crippen LogP) is 3.32. The molecule has 0 saturated carbocycles. The highest BCUT2D eigenvalue weighted by Gasteiger charge is 1.98. The molecule has 4 nitrogen and oxygen atoms in total. The summed E-state index contributed by atoms with van der Waals surface area (Å²) in [5.74, 6) is 1.26. The summed E-state index contributed by atoms with van der Waals surface area (Å²) >= 11 is 0. The molecule has 4 heteroatoms. The van der Waals surface area contributed by atoms with Gasteiger partial charge in [0.25, 0.3) is 0 Å². The molecule has 2 rings (SSSR count). The van der Waals surface area contributed by atoms with Crippen LogP contribution in [0.3, 0.4) is 0 Å². The lowest BCUT2D eigenvalue weighted by molar-refractivity contribution is 0.340. The number of benzene rings is 2. The van der Waals surface area contributed by atoms with Gasteiger partial charge in [-0.05, 0) is 43.7 Å². The molecule has 3 N–H and O–H groups in total. The average molecular weight is 283 g/mol. The first-order chi connectivity index (χ1) is 10.2. The summed E-state index contributed by atoms with van der Waals surface area (Å²) in [7, 11) is 0. The SMILES string of the molecule is CCOc1cccc(CN=C(N)Nc2ccc(C)cc2)c1. The fourth-order valence-corrected chi connectivity index (χ4v) is 1.90. The van der Waals surface area contributed by atoms with E-state index in [0.717, 1.165) is 17.0 Å². The van der Waals surface area contributed by atoms with Crippen molar-refractivity contribution in [3.63, 3.8) is 0 Å². The zero-order valence-electron chi connectivity index (χ0n) is 12.5. The van der Waals surface area contributed by atoms with Gasteiger partial charge in [-0.15, -0.1) is 0 Å². The van der Waals surface area contributed by atoms with Crippen LogP contribution in [0.5, 0.6) is 5.75 Å². The van der Waals surface area contributed by atoms with Crippen molar-refractivity contribution in [3.05, 3.63) is 59.7 Å². The quantitative estimate of drug-likeness (QED) is 0.653. The van der Waals surface area contributed by atoms with Gasteiger partial charge in [-0.3, -0.25) is 0 Å². The first-order valence-electron chi connectivity index (χ1n) is 7.02. The lowest BCUT2D eigenvalue weighted by Gasteiger charge is -2.07. The lowest BCUT2D eigenvalue weighted by Crippen LogP contribution is -2.22. The van der Waals surface area contributed by atoms with Crippen molar-refractivity contribution >= 4 is 11.6 Å². The van der Waals surface area contributed by atoms with Crippen molar-refractivity contribution in [2.75, 3.05) is 11.9 Å². The summed E-state index contributed by atoms with van der Waals surface area (Å²) in [5, 5.41) is 3.08. The topological polar surface area (TPSA) is 59.6 Å². The number of hydrogen-bond acceptors (Lipinski definition) is 2. The Hall–Kier alpha value is -2.49. The molecule has 21 heavy (non-hydrogen) atoms. The van der Waals surface area contributed by atoms with E-state index in [4.69, 9.17) is 10.5 Å². The van der Waals surface area contributed by atoms with E-state index < -0.39 is 0 Å². The molecule has 0 unspecified atom stereocenters. The van der Waals surface area contributed by atoms with Crippen LogP contribution in [0, 0.1) is 6.92 Å². The molecule has 0 spiro atoms. The van der Waals surface area contributed by atoms with E-state index in [1.807, 2.05) is 62.4 Å². The number of guanidine groups is 1. The van der Waals surface area contributed by atoms with E-state index >= 15 is 0 Å². The second kappa shape index (κ2) is 7.33. The largest absolute Gasteiger partial charge is 0.494 e. The molecule has 2 aromatic carbocycles. The molecule has 0 amide bonds. The number of hydrogen-bond donors (Lipinski definition) is 2. The highest BCUT2D eigenvalue weighted by molar-refractivity contribution is 5.92. The van der Waals surface area contributed by atoms with Gasteiger partial charge < -0.3 is 15.8 Å². The molecule has 2 aromatic rings. The Bertz CT molecular complexity index is 606. The standard InChI is InChI=1S/C17H21N3O/c1-3-21-16-6-4-5-14(11-16)12-19-17(18)20-15-9-7-13(2)8-10-15/h4-11H,3,12H2,1-2H3,(H3,18,19,20). The van der Waals surface area contributed by atoms with Gasteiger partial charge in [0.05, 0.1) is 13.2 Å². The summed E-state index contributed by atoms with van der Waals surface area (Å²) in [4.78, 5) is 4.34. The summed E-state index contributed by atoms with van der Waals surface area (Å²) in [6.45, 7) is 5.19. The Morgan fingerprint density at radius 1 is 1.19 bits per heavy atom. The molecular formula is C17H21N3O. The van der Waals surface area contributed by atoms with Crippen LogP contribution in [-0.2, 0) is 6.54 Å². The fourth-order valence-electron chi connectivity index (χ4n) is 1.90. The Balaban J connectivity index is 1.96. The summed E-state index contributed by atoms with van der Waals surface area (Å²) < 4.78 is 5.46. The van der Waals surface area contributed by atoms with Gasteiger partial charge in [-0.1, -0.05) is 29.8 Å². The molecule has 0 aliphatic carbocycles. The van der Waals surface area contributed by atoms with Crippen LogP contribution in [0.15, 0.2) is 53.5 Å². The van der Waals surface area contributed by atoms with E-state index in [9.17, 15) is 0 Å². The van der Waals surface area contributed by atoms with Gasteiger partial charge >= 0.3 is 0 Å². The van der Waals surface area contributed by atoms with E-state index in [2.05, 4.69) is 10.3 Å². The number of rotatable bonds is 5. The molecular weight excluding hydrogens is 262 g/mol. The number of nitrogens with two attached hydrogens (primary N) is 1. The second-order valence-electron chi connectivity index (χ2n) is 4.77. The van der Waals surface area contributed by atoms with Crippen molar-refractivity contribution in [1.29, 1.82) is 0 Å². The van der Waals surface area contributed by atoms with Crippen molar-refractivity contribution < 1.29 is 4.74 Å². The number of nitrogens with zero attached hydrogens (tertiary/aromatic N) is 1. The Kier molecular flexibility index (Phi) is 5.21. The van der Waals surface area contributed by atoms with Crippen LogP contribution in [0.1, 0.15) is 18.1 Å². The molecule has 0 fully saturated rings. The predicted molar refractivity (Wildman–Crippen MR) is 87.7 cm³/mol. The van der Waals surface area contributed by atoms with E-state index in [1.165, 1.54) is 5.56 Å². The van der Waals surface area contributed by atoms with Crippen molar-refractivity contribution in [2.45, 2.75) is 20.4 Å². The Labute approximate surface area is 125 Å². The van der Waals surface area contributed by atoms with Gasteiger partial charge in [0.15, 0.2) is 5.96 Å². The van der Waals surface area contributed by atoms with Crippen LogP contribution < -0.4 is 15.8 Å². The fraction of sp³-hybridized carbons (Fsp3) is 0.235. The molecule has 0 heterocycles. The maximum atomic E-state index is 5.90. The third-order valence-electron chi connectivity index (χ3n) is 2.97. The van der Waals surface area contributed by atoms with E-state index in [0.29, 0.717) is 19.1 Å². The molecule has 0 bridgehead atoms. The van der Waals surface area contributed by atoms with Crippen LogP contribution >= 0.6 is 0 Å². The lowest BCUT2D eigenvalue weighted by atomic mass is 10.2. The molecule has 110 valence electrons. The molecule has 0 aliphatic rings. The third kappa shape index (κ3) is 4.84. The first kappa shape index (κ1) is 14.9. The van der Waals surface area contributed by atoms with Crippen LogP contribution in [0.4, 0.5) is 5.69 Å². The number of aryl methyl sites for hydroxylation is 1. The molecule has 0 radical (unpaired) electrons. The van der Waals surface area contributed by atoms with E-state index in [1.54, 1.807) is 0 Å². The van der Waals surface area contributed by atoms with Crippen LogP contribution in [0.25, 0.3) is 0 Å². The zero-order chi connectivity index (χ0) is 15.1. The van der Waals surface area contributed by atoms with Crippen molar-refractivity contribution in [3.8, 4) is 5.75 Å².